The van der Waals surface area contributed by atoms with Crippen molar-refractivity contribution in [3.05, 3.63) is 28.9 Å². The summed E-state index contributed by atoms with van der Waals surface area (Å²) in [5.41, 5.74) is 2.64. The third-order valence-electron chi connectivity index (χ3n) is 4.56. The summed E-state index contributed by atoms with van der Waals surface area (Å²) in [5.74, 6) is 0.761. The van der Waals surface area contributed by atoms with E-state index in [4.69, 9.17) is 9.51 Å². The van der Waals surface area contributed by atoms with E-state index >= 15 is 0 Å². The highest BCUT2D eigenvalue weighted by Crippen LogP contribution is 2.28. The number of nitrogens with one attached hydrogen (secondary N) is 1. The van der Waals surface area contributed by atoms with Gasteiger partial charge in [0, 0.05) is 19.8 Å². The Kier molecular flexibility index (Phi) is 5.34. The number of aromatic nitrogens is 5. The largest absolute Gasteiger partial charge is 0.344 e. The number of nitrogens with zero attached hydrogens (tertiary/aromatic N) is 6. The molecule has 0 radical (unpaired) electrons. The van der Waals surface area contributed by atoms with Crippen molar-refractivity contribution in [3.8, 4) is 0 Å². The Morgan fingerprint density at radius 2 is 1.97 bits per heavy atom. The van der Waals surface area contributed by atoms with Crippen LogP contribution in [0.1, 0.15) is 68.2 Å². The molecule has 0 atom stereocenters. The zero-order valence-electron chi connectivity index (χ0n) is 18.4. The van der Waals surface area contributed by atoms with Gasteiger partial charge in [0.2, 0.25) is 5.89 Å². The maximum Gasteiger partial charge on any atom is 0.265 e. The Hall–Kier alpha value is -2.97. The number of hydrogen-bond donors (Lipinski definition) is 1. The average Bonchev–Trinajstić information content (AvgIpc) is 3.23. The van der Waals surface area contributed by atoms with E-state index in [1.165, 1.54) is 0 Å². The van der Waals surface area contributed by atoms with Crippen molar-refractivity contribution in [2.24, 2.45) is 0 Å². The first-order valence-corrected chi connectivity index (χ1v) is 9.68. The molecule has 0 spiro atoms. The molecule has 0 saturated carbocycles. The summed E-state index contributed by atoms with van der Waals surface area (Å²) in [7, 11) is 3.65. The second-order valence-corrected chi connectivity index (χ2v) is 8.68. The molecule has 9 heteroatoms. The minimum atomic E-state index is -0.255. The van der Waals surface area contributed by atoms with Crippen LogP contribution in [0.3, 0.4) is 0 Å². The molecule has 0 fully saturated rings. The van der Waals surface area contributed by atoms with Crippen LogP contribution < -0.4 is 10.2 Å². The summed E-state index contributed by atoms with van der Waals surface area (Å²) in [6.45, 7) is 12.4. The van der Waals surface area contributed by atoms with Crippen LogP contribution in [0.2, 0.25) is 0 Å². The highest BCUT2D eigenvalue weighted by atomic mass is 16.5. The van der Waals surface area contributed by atoms with Gasteiger partial charge in [-0.15, -0.1) is 0 Å². The Labute approximate surface area is 170 Å². The molecule has 1 N–H and O–H groups in total. The molecular weight excluding hydrogens is 370 g/mol. The van der Waals surface area contributed by atoms with Crippen LogP contribution >= 0.6 is 0 Å². The maximum absolute atomic E-state index is 13.1. The second-order valence-electron chi connectivity index (χ2n) is 8.68. The van der Waals surface area contributed by atoms with E-state index < -0.39 is 0 Å². The number of hydrogen-bond acceptors (Lipinski definition) is 7. The molecule has 0 aliphatic carbocycles. The lowest BCUT2D eigenvalue weighted by Crippen LogP contribution is -2.25. The van der Waals surface area contributed by atoms with Gasteiger partial charge >= 0.3 is 0 Å². The standard InChI is InChI=1S/C20H29N7O2/c1-11(2)14-9-13(16-12(3)24-27(17(16)22-14)20(4,5)6)18(28)21-10-15-23-19(25-29-15)26(7)8/h9,11H,10H2,1-8H3,(H,21,28). The van der Waals surface area contributed by atoms with E-state index in [0.29, 0.717) is 17.4 Å². The zero-order valence-corrected chi connectivity index (χ0v) is 18.4. The highest BCUT2D eigenvalue weighted by molar-refractivity contribution is 6.06. The van der Waals surface area contributed by atoms with Gasteiger partial charge in [-0.1, -0.05) is 13.8 Å². The Morgan fingerprint density at radius 1 is 1.28 bits per heavy atom. The highest BCUT2D eigenvalue weighted by Gasteiger charge is 2.25. The van der Waals surface area contributed by atoms with Crippen LogP contribution in [0.5, 0.6) is 0 Å². The topological polar surface area (TPSA) is 102 Å². The SMILES string of the molecule is Cc1nn(C(C)(C)C)c2nc(C(C)C)cc(C(=O)NCc3nc(N(C)C)no3)c12. The molecule has 3 rings (SSSR count). The van der Waals surface area contributed by atoms with Crippen LogP contribution in [-0.2, 0) is 12.1 Å². The van der Waals surface area contributed by atoms with Crippen LogP contribution in [0, 0.1) is 6.92 Å². The lowest BCUT2D eigenvalue weighted by atomic mass is 10.0. The molecular formula is C20H29N7O2. The van der Waals surface area contributed by atoms with Crippen LogP contribution in [0.15, 0.2) is 10.6 Å². The van der Waals surface area contributed by atoms with Crippen molar-refractivity contribution in [2.45, 2.75) is 59.5 Å². The number of carbonyl (C=O) groups excluding carboxylic acids is 1. The van der Waals surface area contributed by atoms with Gasteiger partial charge in [-0.3, -0.25) is 4.79 Å². The van der Waals surface area contributed by atoms with Gasteiger partial charge in [-0.2, -0.15) is 10.1 Å². The smallest absolute Gasteiger partial charge is 0.265 e. The van der Waals surface area contributed by atoms with Crippen molar-refractivity contribution in [3.63, 3.8) is 0 Å². The third kappa shape index (κ3) is 4.08. The van der Waals surface area contributed by atoms with Crippen molar-refractivity contribution in [1.82, 2.24) is 30.2 Å². The van der Waals surface area contributed by atoms with Crippen LogP contribution in [-0.4, -0.2) is 44.9 Å². The molecule has 1 amide bonds. The number of carbonyl (C=O) groups is 1. The number of aryl methyl sites for hydroxylation is 1. The molecule has 0 aliphatic rings. The summed E-state index contributed by atoms with van der Waals surface area (Å²) >= 11 is 0. The molecule has 3 aromatic heterocycles. The Bertz CT molecular complexity index is 1040. The Morgan fingerprint density at radius 3 is 2.52 bits per heavy atom. The molecule has 156 valence electrons. The molecule has 0 aliphatic heterocycles. The van der Waals surface area contributed by atoms with Crippen LogP contribution in [0.25, 0.3) is 11.0 Å². The zero-order chi connectivity index (χ0) is 21.5. The first-order valence-electron chi connectivity index (χ1n) is 9.68. The van der Waals surface area contributed by atoms with Gasteiger partial charge in [0.25, 0.3) is 11.9 Å². The molecule has 0 bridgehead atoms. The van der Waals surface area contributed by atoms with Gasteiger partial charge in [0.15, 0.2) is 5.65 Å². The minimum absolute atomic E-state index is 0.146. The van der Waals surface area contributed by atoms with Gasteiger partial charge in [0.05, 0.1) is 28.7 Å². The predicted octanol–water partition coefficient (Wildman–Crippen LogP) is 3.00. The molecule has 0 aromatic carbocycles. The van der Waals surface area contributed by atoms with Crippen molar-refractivity contribution in [1.29, 1.82) is 0 Å². The van der Waals surface area contributed by atoms with Crippen molar-refractivity contribution in [2.75, 3.05) is 19.0 Å². The fraction of sp³-hybridized carbons (Fsp3) is 0.550. The first kappa shape index (κ1) is 20.8. The monoisotopic (exact) mass is 399 g/mol. The van der Waals surface area contributed by atoms with E-state index in [-0.39, 0.29) is 23.9 Å². The fourth-order valence-corrected chi connectivity index (χ4v) is 3.00. The van der Waals surface area contributed by atoms with E-state index in [1.807, 2.05) is 31.8 Å². The number of anilines is 1. The van der Waals surface area contributed by atoms with E-state index in [2.05, 4.69) is 55.2 Å². The lowest BCUT2D eigenvalue weighted by Gasteiger charge is -2.20. The molecule has 0 unspecified atom stereocenters. The first-order chi connectivity index (χ1) is 13.5. The summed E-state index contributed by atoms with van der Waals surface area (Å²) in [5, 5.41) is 12.2. The molecule has 9 nitrogen and oxygen atoms in total. The number of amides is 1. The molecule has 29 heavy (non-hydrogen) atoms. The summed E-state index contributed by atoms with van der Waals surface area (Å²) in [6.07, 6.45) is 0. The summed E-state index contributed by atoms with van der Waals surface area (Å²) < 4.78 is 7.08. The van der Waals surface area contributed by atoms with Gasteiger partial charge in [-0.05, 0) is 44.8 Å². The minimum Gasteiger partial charge on any atom is -0.344 e. The van der Waals surface area contributed by atoms with Gasteiger partial charge in [-0.25, -0.2) is 9.67 Å². The number of fused-ring (bicyclic) bond motifs is 1. The van der Waals surface area contributed by atoms with Gasteiger partial charge < -0.3 is 14.7 Å². The number of rotatable bonds is 5. The lowest BCUT2D eigenvalue weighted by molar-refractivity contribution is 0.0947. The predicted molar refractivity (Wildman–Crippen MR) is 111 cm³/mol. The second kappa shape index (κ2) is 7.46. The molecule has 3 aromatic rings. The average molecular weight is 399 g/mol. The molecule has 0 saturated heterocycles. The fourth-order valence-electron chi connectivity index (χ4n) is 3.00. The number of pyridine rings is 1. The Balaban J connectivity index is 2.00. The van der Waals surface area contributed by atoms with Crippen molar-refractivity contribution >= 4 is 22.9 Å². The third-order valence-corrected chi connectivity index (χ3v) is 4.56. The van der Waals surface area contributed by atoms with Gasteiger partial charge in [0.1, 0.15) is 0 Å². The van der Waals surface area contributed by atoms with E-state index in [1.54, 1.807) is 4.90 Å². The quantitative estimate of drug-likeness (QED) is 0.703. The van der Waals surface area contributed by atoms with E-state index in [0.717, 1.165) is 22.4 Å². The normalized spacial score (nSPS) is 12.0. The summed E-state index contributed by atoms with van der Waals surface area (Å²) in [6, 6.07) is 1.85. The maximum atomic E-state index is 13.1. The molecule has 3 heterocycles. The van der Waals surface area contributed by atoms with Crippen molar-refractivity contribution < 1.29 is 9.32 Å². The summed E-state index contributed by atoms with van der Waals surface area (Å²) in [4.78, 5) is 23.9. The van der Waals surface area contributed by atoms with E-state index in [9.17, 15) is 4.79 Å². The van der Waals surface area contributed by atoms with Crippen LogP contribution in [0.4, 0.5) is 5.95 Å².